The van der Waals surface area contributed by atoms with E-state index in [-0.39, 0.29) is 11.5 Å². The number of piperidine rings is 1. The molecule has 0 spiro atoms. The highest BCUT2D eigenvalue weighted by Crippen LogP contribution is 2.35. The number of furan rings is 1. The lowest BCUT2D eigenvalue weighted by Gasteiger charge is -2.37. The standard InChI is InChI=1S/C22H26N2O2/c23-17-22(18-6-2-1-3-7-18)11-13-24(14-12-22)16-19-9-10-21(26-19)20-8-4-5-15-25-20/h1-3,6-7,9-10,20H,4-5,8,11-16H2/t20-/m0/s1. The van der Waals surface area contributed by atoms with Crippen LogP contribution in [0.5, 0.6) is 0 Å². The van der Waals surface area contributed by atoms with Crippen molar-refractivity contribution in [2.24, 2.45) is 0 Å². The highest BCUT2D eigenvalue weighted by molar-refractivity contribution is 5.33. The summed E-state index contributed by atoms with van der Waals surface area (Å²) in [7, 11) is 0. The van der Waals surface area contributed by atoms with Crippen molar-refractivity contribution in [3.8, 4) is 6.07 Å². The predicted octanol–water partition coefficient (Wildman–Crippen LogP) is 4.58. The average molecular weight is 350 g/mol. The van der Waals surface area contributed by atoms with Crippen molar-refractivity contribution >= 4 is 0 Å². The molecule has 1 aromatic carbocycles. The van der Waals surface area contributed by atoms with Crippen LogP contribution in [-0.4, -0.2) is 24.6 Å². The average Bonchev–Trinajstić information content (AvgIpc) is 3.19. The molecule has 0 saturated carbocycles. The maximum Gasteiger partial charge on any atom is 0.133 e. The van der Waals surface area contributed by atoms with E-state index in [1.165, 1.54) is 6.42 Å². The SMILES string of the molecule is N#CC1(c2ccccc2)CCN(Cc2ccc([C@@H]3CCCCO3)o2)CC1. The first-order valence-corrected chi connectivity index (χ1v) is 9.68. The van der Waals surface area contributed by atoms with Gasteiger partial charge in [0.05, 0.1) is 18.0 Å². The molecule has 4 heteroatoms. The minimum absolute atomic E-state index is 0.128. The number of nitriles is 1. The van der Waals surface area contributed by atoms with Crippen molar-refractivity contribution in [3.63, 3.8) is 0 Å². The largest absolute Gasteiger partial charge is 0.462 e. The van der Waals surface area contributed by atoms with Crippen molar-refractivity contribution in [1.82, 2.24) is 4.90 Å². The first kappa shape index (κ1) is 17.3. The third kappa shape index (κ3) is 3.56. The molecule has 0 radical (unpaired) electrons. The molecular formula is C22H26N2O2. The smallest absolute Gasteiger partial charge is 0.133 e. The Morgan fingerprint density at radius 2 is 1.88 bits per heavy atom. The van der Waals surface area contributed by atoms with Crippen LogP contribution in [0.4, 0.5) is 0 Å². The number of likely N-dealkylation sites (tertiary alicyclic amines) is 1. The van der Waals surface area contributed by atoms with Crippen LogP contribution in [0.1, 0.15) is 55.3 Å². The Kier molecular flexibility index (Phi) is 5.10. The summed E-state index contributed by atoms with van der Waals surface area (Å²) in [5, 5.41) is 9.82. The lowest BCUT2D eigenvalue weighted by atomic mass is 9.74. The Balaban J connectivity index is 1.37. The molecule has 1 atom stereocenters. The monoisotopic (exact) mass is 350 g/mol. The molecule has 2 aliphatic heterocycles. The topological polar surface area (TPSA) is 49.4 Å². The Hall–Kier alpha value is -2.09. The summed E-state index contributed by atoms with van der Waals surface area (Å²) in [5.74, 6) is 1.96. The zero-order chi connectivity index (χ0) is 17.8. The van der Waals surface area contributed by atoms with E-state index in [9.17, 15) is 5.26 Å². The van der Waals surface area contributed by atoms with Crippen LogP contribution in [0.15, 0.2) is 46.9 Å². The van der Waals surface area contributed by atoms with E-state index >= 15 is 0 Å². The van der Waals surface area contributed by atoms with Crippen molar-refractivity contribution in [3.05, 3.63) is 59.5 Å². The van der Waals surface area contributed by atoms with Crippen LogP contribution < -0.4 is 0 Å². The number of rotatable bonds is 4. The molecule has 0 amide bonds. The minimum Gasteiger partial charge on any atom is -0.462 e. The molecule has 26 heavy (non-hydrogen) atoms. The van der Waals surface area contributed by atoms with Crippen LogP contribution in [-0.2, 0) is 16.7 Å². The normalized spacial score (nSPS) is 23.4. The van der Waals surface area contributed by atoms with Gasteiger partial charge in [-0.3, -0.25) is 4.90 Å². The van der Waals surface area contributed by atoms with Gasteiger partial charge in [0.1, 0.15) is 17.6 Å². The van der Waals surface area contributed by atoms with Crippen molar-refractivity contribution in [1.29, 1.82) is 5.26 Å². The van der Waals surface area contributed by atoms with Gasteiger partial charge in [0, 0.05) is 19.7 Å². The minimum atomic E-state index is -0.345. The fourth-order valence-corrected chi connectivity index (χ4v) is 4.15. The van der Waals surface area contributed by atoms with E-state index in [2.05, 4.69) is 35.2 Å². The molecule has 4 rings (SSSR count). The zero-order valence-electron chi connectivity index (χ0n) is 15.2. The van der Waals surface area contributed by atoms with Gasteiger partial charge in [-0.1, -0.05) is 30.3 Å². The van der Waals surface area contributed by atoms with Gasteiger partial charge in [-0.05, 0) is 49.8 Å². The summed E-state index contributed by atoms with van der Waals surface area (Å²) < 4.78 is 11.9. The van der Waals surface area contributed by atoms with Gasteiger partial charge in [0.15, 0.2) is 0 Å². The molecule has 0 aliphatic carbocycles. The van der Waals surface area contributed by atoms with Gasteiger partial charge in [0.2, 0.25) is 0 Å². The third-order valence-corrected chi connectivity index (χ3v) is 5.81. The summed E-state index contributed by atoms with van der Waals surface area (Å²) in [6, 6.07) is 17.0. The molecule has 0 unspecified atom stereocenters. The quantitative estimate of drug-likeness (QED) is 0.810. The molecule has 1 aromatic heterocycles. The number of hydrogen-bond acceptors (Lipinski definition) is 4. The van der Waals surface area contributed by atoms with Crippen LogP contribution in [0, 0.1) is 11.3 Å². The highest BCUT2D eigenvalue weighted by atomic mass is 16.5. The van der Waals surface area contributed by atoms with Crippen molar-refractivity contribution in [2.45, 2.75) is 50.2 Å². The summed E-state index contributed by atoms with van der Waals surface area (Å²) >= 11 is 0. The summed E-state index contributed by atoms with van der Waals surface area (Å²) in [4.78, 5) is 2.39. The Bertz CT molecular complexity index is 748. The first-order chi connectivity index (χ1) is 12.8. The van der Waals surface area contributed by atoms with Gasteiger partial charge in [-0.2, -0.15) is 5.26 Å². The fourth-order valence-electron chi connectivity index (χ4n) is 4.15. The molecule has 4 nitrogen and oxygen atoms in total. The number of nitrogens with zero attached hydrogens (tertiary/aromatic N) is 2. The van der Waals surface area contributed by atoms with Gasteiger partial charge in [-0.15, -0.1) is 0 Å². The Morgan fingerprint density at radius 3 is 2.58 bits per heavy atom. The van der Waals surface area contributed by atoms with Crippen LogP contribution in [0.2, 0.25) is 0 Å². The molecule has 0 bridgehead atoms. The lowest BCUT2D eigenvalue weighted by molar-refractivity contribution is 0.000729. The fraction of sp³-hybridized carbons (Fsp3) is 0.500. The molecule has 2 saturated heterocycles. The Labute approximate surface area is 155 Å². The first-order valence-electron chi connectivity index (χ1n) is 9.68. The van der Waals surface area contributed by atoms with Crippen LogP contribution in [0.25, 0.3) is 0 Å². The molecule has 2 aliphatic rings. The molecule has 3 heterocycles. The van der Waals surface area contributed by atoms with E-state index in [1.54, 1.807) is 0 Å². The van der Waals surface area contributed by atoms with E-state index in [1.807, 2.05) is 18.2 Å². The van der Waals surface area contributed by atoms with Crippen molar-refractivity contribution in [2.75, 3.05) is 19.7 Å². The van der Waals surface area contributed by atoms with E-state index in [0.717, 1.165) is 69.0 Å². The predicted molar refractivity (Wildman–Crippen MR) is 99.5 cm³/mol. The summed E-state index contributed by atoms with van der Waals surface area (Å²) in [6.45, 7) is 3.47. The maximum atomic E-state index is 9.82. The van der Waals surface area contributed by atoms with E-state index in [4.69, 9.17) is 9.15 Å². The molecule has 2 aromatic rings. The Morgan fingerprint density at radius 1 is 1.08 bits per heavy atom. The zero-order valence-corrected chi connectivity index (χ0v) is 15.2. The number of hydrogen-bond donors (Lipinski definition) is 0. The van der Waals surface area contributed by atoms with Gasteiger partial charge >= 0.3 is 0 Å². The second-order valence-corrected chi connectivity index (χ2v) is 7.50. The van der Waals surface area contributed by atoms with E-state index < -0.39 is 0 Å². The molecule has 2 fully saturated rings. The van der Waals surface area contributed by atoms with Gasteiger partial charge < -0.3 is 9.15 Å². The van der Waals surface area contributed by atoms with E-state index in [0.29, 0.717) is 0 Å². The number of ether oxygens (including phenoxy) is 1. The summed E-state index contributed by atoms with van der Waals surface area (Å²) in [6.07, 6.45) is 5.28. The molecule has 0 N–H and O–H groups in total. The summed E-state index contributed by atoms with van der Waals surface area (Å²) in [5.41, 5.74) is 0.805. The van der Waals surface area contributed by atoms with Gasteiger partial charge in [0.25, 0.3) is 0 Å². The second kappa shape index (κ2) is 7.65. The molecular weight excluding hydrogens is 324 g/mol. The van der Waals surface area contributed by atoms with Crippen LogP contribution in [0.3, 0.4) is 0 Å². The maximum absolute atomic E-state index is 9.82. The number of benzene rings is 1. The van der Waals surface area contributed by atoms with Gasteiger partial charge in [-0.25, -0.2) is 0 Å². The molecule has 136 valence electrons. The third-order valence-electron chi connectivity index (χ3n) is 5.81. The highest BCUT2D eigenvalue weighted by Gasteiger charge is 2.36. The second-order valence-electron chi connectivity index (χ2n) is 7.50. The lowest BCUT2D eigenvalue weighted by Crippen LogP contribution is -2.41. The van der Waals surface area contributed by atoms with Crippen molar-refractivity contribution < 1.29 is 9.15 Å². The van der Waals surface area contributed by atoms with Crippen LogP contribution >= 0.6 is 0 Å².